The highest BCUT2D eigenvalue weighted by Crippen LogP contribution is 2.23. The van der Waals surface area contributed by atoms with Gasteiger partial charge in [0.25, 0.3) is 0 Å². The lowest BCUT2D eigenvalue weighted by Crippen LogP contribution is -2.30. The van der Waals surface area contributed by atoms with Crippen LogP contribution in [0.2, 0.25) is 5.02 Å². The van der Waals surface area contributed by atoms with E-state index >= 15 is 0 Å². The van der Waals surface area contributed by atoms with Gasteiger partial charge in [-0.1, -0.05) is 18.5 Å². The molecule has 1 aromatic rings. The number of methoxy groups -OCH3 is 1. The van der Waals surface area contributed by atoms with Crippen molar-refractivity contribution < 1.29 is 4.74 Å². The van der Waals surface area contributed by atoms with E-state index in [-0.39, 0.29) is 0 Å². The topological polar surface area (TPSA) is 39.1 Å². The molecule has 0 aliphatic heterocycles. The number of aryl methyl sites for hydroxylation is 2. The second-order valence-electron chi connectivity index (χ2n) is 5.19. The standard InChI is InChI=1S/C15H28ClN3O/c1-6-13-15(16)14(19(7-2)18-13)10-12(17-4)9-8-11(3)20-5/h11-12,17H,6-10H2,1-5H3. The van der Waals surface area contributed by atoms with Crippen LogP contribution in [0.5, 0.6) is 0 Å². The third kappa shape index (κ3) is 4.47. The van der Waals surface area contributed by atoms with Gasteiger partial charge in [-0.25, -0.2) is 0 Å². The predicted molar refractivity (Wildman–Crippen MR) is 84.5 cm³/mol. The van der Waals surface area contributed by atoms with Crippen LogP contribution < -0.4 is 5.32 Å². The highest BCUT2D eigenvalue weighted by molar-refractivity contribution is 6.31. The lowest BCUT2D eigenvalue weighted by atomic mass is 10.0. The van der Waals surface area contributed by atoms with Crippen molar-refractivity contribution >= 4 is 11.6 Å². The molecule has 0 fully saturated rings. The minimum Gasteiger partial charge on any atom is -0.382 e. The fourth-order valence-electron chi connectivity index (χ4n) is 2.35. The van der Waals surface area contributed by atoms with Crippen LogP contribution in [0, 0.1) is 0 Å². The first-order valence-corrected chi connectivity index (χ1v) is 7.89. The Hall–Kier alpha value is -0.580. The lowest BCUT2D eigenvalue weighted by Gasteiger charge is -2.19. The van der Waals surface area contributed by atoms with E-state index in [0.29, 0.717) is 12.1 Å². The van der Waals surface area contributed by atoms with Gasteiger partial charge in [0.2, 0.25) is 0 Å². The molecule has 1 aromatic heterocycles. The summed E-state index contributed by atoms with van der Waals surface area (Å²) in [7, 11) is 3.76. The average Bonchev–Trinajstić information content (AvgIpc) is 2.78. The van der Waals surface area contributed by atoms with Crippen molar-refractivity contribution in [1.29, 1.82) is 0 Å². The summed E-state index contributed by atoms with van der Waals surface area (Å²) in [4.78, 5) is 0. The molecule has 1 rings (SSSR count). The molecule has 2 unspecified atom stereocenters. The maximum Gasteiger partial charge on any atom is 0.0850 e. The Bertz CT molecular complexity index is 406. The number of hydrogen-bond acceptors (Lipinski definition) is 3. The van der Waals surface area contributed by atoms with Crippen molar-refractivity contribution in [3.8, 4) is 0 Å². The summed E-state index contributed by atoms with van der Waals surface area (Å²) >= 11 is 6.46. The zero-order valence-corrected chi connectivity index (χ0v) is 14.1. The second-order valence-corrected chi connectivity index (χ2v) is 5.57. The molecule has 5 heteroatoms. The zero-order chi connectivity index (χ0) is 15.1. The van der Waals surface area contributed by atoms with Gasteiger partial charge in [-0.05, 0) is 40.2 Å². The average molecular weight is 302 g/mol. The van der Waals surface area contributed by atoms with Crippen LogP contribution >= 0.6 is 11.6 Å². The first-order chi connectivity index (χ1) is 9.57. The van der Waals surface area contributed by atoms with Gasteiger partial charge >= 0.3 is 0 Å². The van der Waals surface area contributed by atoms with Gasteiger partial charge in [0.15, 0.2) is 0 Å². The predicted octanol–water partition coefficient (Wildman–Crippen LogP) is 3.06. The zero-order valence-electron chi connectivity index (χ0n) is 13.4. The highest BCUT2D eigenvalue weighted by atomic mass is 35.5. The van der Waals surface area contributed by atoms with Gasteiger partial charge in [-0.15, -0.1) is 0 Å². The van der Waals surface area contributed by atoms with Crippen LogP contribution in [0.3, 0.4) is 0 Å². The molecule has 0 spiro atoms. The SMILES string of the molecule is CCc1nn(CC)c(CC(CCC(C)OC)NC)c1Cl. The molecular weight excluding hydrogens is 274 g/mol. The number of nitrogens with zero attached hydrogens (tertiary/aromatic N) is 2. The van der Waals surface area contributed by atoms with Crippen LogP contribution in [0.1, 0.15) is 45.0 Å². The van der Waals surface area contributed by atoms with E-state index in [0.717, 1.165) is 48.6 Å². The number of ether oxygens (including phenoxy) is 1. The van der Waals surface area contributed by atoms with Crippen LogP contribution in [0.15, 0.2) is 0 Å². The summed E-state index contributed by atoms with van der Waals surface area (Å²) in [6.45, 7) is 7.16. The van der Waals surface area contributed by atoms with Gasteiger partial charge in [0, 0.05) is 26.1 Å². The first kappa shape index (κ1) is 17.5. The van der Waals surface area contributed by atoms with E-state index in [9.17, 15) is 0 Å². The molecule has 0 aliphatic rings. The highest BCUT2D eigenvalue weighted by Gasteiger charge is 2.18. The fourth-order valence-corrected chi connectivity index (χ4v) is 2.69. The molecule has 116 valence electrons. The lowest BCUT2D eigenvalue weighted by molar-refractivity contribution is 0.106. The largest absolute Gasteiger partial charge is 0.382 e. The first-order valence-electron chi connectivity index (χ1n) is 7.51. The summed E-state index contributed by atoms with van der Waals surface area (Å²) in [5.41, 5.74) is 2.15. The van der Waals surface area contributed by atoms with E-state index in [1.807, 2.05) is 11.7 Å². The van der Waals surface area contributed by atoms with Crippen molar-refractivity contribution in [3.63, 3.8) is 0 Å². The molecule has 0 aromatic carbocycles. The van der Waals surface area contributed by atoms with Gasteiger partial charge in [0.1, 0.15) is 0 Å². The van der Waals surface area contributed by atoms with Gasteiger partial charge in [-0.2, -0.15) is 5.10 Å². The van der Waals surface area contributed by atoms with Crippen LogP contribution in [-0.4, -0.2) is 36.1 Å². The maximum absolute atomic E-state index is 6.46. The summed E-state index contributed by atoms with van der Waals surface area (Å²) in [6.07, 6.45) is 4.19. The Morgan fingerprint density at radius 3 is 2.55 bits per heavy atom. The van der Waals surface area contributed by atoms with E-state index in [2.05, 4.69) is 31.2 Å². The Kier molecular flexibility index (Phi) is 7.56. The second kappa shape index (κ2) is 8.65. The van der Waals surface area contributed by atoms with Crippen LogP contribution in [-0.2, 0) is 24.1 Å². The van der Waals surface area contributed by atoms with Crippen molar-refractivity contribution in [1.82, 2.24) is 15.1 Å². The fraction of sp³-hybridized carbons (Fsp3) is 0.800. The van der Waals surface area contributed by atoms with Crippen molar-refractivity contribution in [2.24, 2.45) is 0 Å². The summed E-state index contributed by atoms with van der Waals surface area (Å²) in [5, 5.41) is 8.80. The van der Waals surface area contributed by atoms with E-state index in [4.69, 9.17) is 16.3 Å². The Balaban J connectivity index is 2.76. The molecule has 20 heavy (non-hydrogen) atoms. The van der Waals surface area contributed by atoms with Gasteiger partial charge < -0.3 is 10.1 Å². The van der Waals surface area contributed by atoms with Crippen LogP contribution in [0.4, 0.5) is 0 Å². The number of nitrogens with one attached hydrogen (secondary N) is 1. The number of aromatic nitrogens is 2. The molecule has 0 bridgehead atoms. The Morgan fingerprint density at radius 2 is 2.05 bits per heavy atom. The van der Waals surface area contributed by atoms with E-state index in [1.54, 1.807) is 7.11 Å². The monoisotopic (exact) mass is 301 g/mol. The smallest absolute Gasteiger partial charge is 0.0850 e. The summed E-state index contributed by atoms with van der Waals surface area (Å²) in [5.74, 6) is 0. The van der Waals surface area contributed by atoms with Gasteiger partial charge in [-0.3, -0.25) is 4.68 Å². The molecular formula is C15H28ClN3O. The van der Waals surface area contributed by atoms with Gasteiger partial charge in [0.05, 0.1) is 22.5 Å². The molecule has 2 atom stereocenters. The number of hydrogen-bond donors (Lipinski definition) is 1. The minimum absolute atomic E-state index is 0.295. The van der Waals surface area contributed by atoms with Crippen molar-refractivity contribution in [2.75, 3.05) is 14.2 Å². The third-order valence-corrected chi connectivity index (χ3v) is 4.30. The summed E-state index contributed by atoms with van der Waals surface area (Å²) < 4.78 is 7.35. The van der Waals surface area contributed by atoms with Crippen molar-refractivity contribution in [3.05, 3.63) is 16.4 Å². The quantitative estimate of drug-likeness (QED) is 0.762. The molecule has 1 heterocycles. The number of halogens is 1. The minimum atomic E-state index is 0.295. The molecule has 0 radical (unpaired) electrons. The van der Waals surface area contributed by atoms with Crippen LogP contribution in [0.25, 0.3) is 0 Å². The molecule has 4 nitrogen and oxygen atoms in total. The Labute approximate surface area is 127 Å². The number of likely N-dealkylation sites (N-methyl/N-ethyl adjacent to an activating group) is 1. The Morgan fingerprint density at radius 1 is 1.35 bits per heavy atom. The van der Waals surface area contributed by atoms with E-state index in [1.165, 1.54) is 0 Å². The molecule has 1 N–H and O–H groups in total. The normalized spacial score (nSPS) is 14.5. The number of rotatable bonds is 9. The van der Waals surface area contributed by atoms with Crippen molar-refractivity contribution in [2.45, 2.75) is 65.1 Å². The summed E-state index contributed by atoms with van der Waals surface area (Å²) in [6, 6.07) is 0.400. The maximum atomic E-state index is 6.46. The molecule has 0 saturated heterocycles. The third-order valence-electron chi connectivity index (χ3n) is 3.87. The molecule has 0 amide bonds. The molecule has 0 aliphatic carbocycles. The van der Waals surface area contributed by atoms with E-state index < -0.39 is 0 Å². The molecule has 0 saturated carbocycles.